The standard InChI is InChI=1S/C12H19N3O3/c1-4-12(5-2,6-10(16)17)14-11(18)9-7-13-15(3)8-9/h7-8H,4-6H2,1-3H3,(H,14,18)(H,16,17). The summed E-state index contributed by atoms with van der Waals surface area (Å²) in [5.41, 5.74) is -0.257. The van der Waals surface area contributed by atoms with Gasteiger partial charge in [0.1, 0.15) is 0 Å². The van der Waals surface area contributed by atoms with Gasteiger partial charge in [0.2, 0.25) is 0 Å². The highest BCUT2D eigenvalue weighted by Gasteiger charge is 2.31. The monoisotopic (exact) mass is 253 g/mol. The van der Waals surface area contributed by atoms with Crippen LogP contribution in [0.4, 0.5) is 0 Å². The average Bonchev–Trinajstić information content (AvgIpc) is 2.74. The Hall–Kier alpha value is -1.85. The molecule has 0 aromatic carbocycles. The maximum Gasteiger partial charge on any atom is 0.305 e. The van der Waals surface area contributed by atoms with Crippen LogP contribution >= 0.6 is 0 Å². The topological polar surface area (TPSA) is 84.2 Å². The van der Waals surface area contributed by atoms with Crippen molar-refractivity contribution < 1.29 is 14.7 Å². The quantitative estimate of drug-likeness (QED) is 0.797. The van der Waals surface area contributed by atoms with Crippen molar-refractivity contribution in [3.05, 3.63) is 18.0 Å². The smallest absolute Gasteiger partial charge is 0.305 e. The fraction of sp³-hybridized carbons (Fsp3) is 0.583. The zero-order chi connectivity index (χ0) is 13.8. The van der Waals surface area contributed by atoms with Crippen molar-refractivity contribution in [2.45, 2.75) is 38.6 Å². The van der Waals surface area contributed by atoms with Crippen molar-refractivity contribution in [1.29, 1.82) is 0 Å². The molecule has 0 spiro atoms. The molecule has 1 rings (SSSR count). The molecule has 0 radical (unpaired) electrons. The van der Waals surface area contributed by atoms with Gasteiger partial charge < -0.3 is 10.4 Å². The van der Waals surface area contributed by atoms with E-state index in [0.29, 0.717) is 18.4 Å². The molecule has 0 saturated heterocycles. The summed E-state index contributed by atoms with van der Waals surface area (Å²) in [5, 5.41) is 15.7. The van der Waals surface area contributed by atoms with Gasteiger partial charge in [-0.3, -0.25) is 14.3 Å². The molecule has 0 saturated carbocycles. The third kappa shape index (κ3) is 3.32. The third-order valence-corrected chi connectivity index (χ3v) is 3.19. The van der Waals surface area contributed by atoms with Crippen LogP contribution in [-0.4, -0.2) is 32.3 Å². The first-order chi connectivity index (χ1) is 8.42. The van der Waals surface area contributed by atoms with E-state index in [1.807, 2.05) is 13.8 Å². The number of nitrogens with one attached hydrogen (secondary N) is 1. The Bertz CT molecular complexity index is 436. The van der Waals surface area contributed by atoms with E-state index in [2.05, 4.69) is 10.4 Å². The van der Waals surface area contributed by atoms with Crippen molar-refractivity contribution in [2.75, 3.05) is 0 Å². The number of carboxylic acid groups (broad SMARTS) is 1. The number of hydrogen-bond acceptors (Lipinski definition) is 3. The Balaban J connectivity index is 2.83. The number of aliphatic carboxylic acids is 1. The van der Waals surface area contributed by atoms with Crippen LogP contribution in [0.5, 0.6) is 0 Å². The zero-order valence-electron chi connectivity index (χ0n) is 10.9. The van der Waals surface area contributed by atoms with Crippen LogP contribution in [0.1, 0.15) is 43.5 Å². The van der Waals surface area contributed by atoms with E-state index in [1.54, 1.807) is 13.2 Å². The van der Waals surface area contributed by atoms with Gasteiger partial charge in [-0.05, 0) is 12.8 Å². The van der Waals surface area contributed by atoms with Crippen molar-refractivity contribution in [3.8, 4) is 0 Å². The lowest BCUT2D eigenvalue weighted by molar-refractivity contribution is -0.138. The molecule has 1 amide bonds. The minimum absolute atomic E-state index is 0.0774. The predicted molar refractivity (Wildman–Crippen MR) is 66.2 cm³/mol. The molecule has 1 aromatic heterocycles. The molecule has 1 aromatic rings. The first kappa shape index (κ1) is 14.2. The number of carboxylic acids is 1. The van der Waals surface area contributed by atoms with Gasteiger partial charge in [0.25, 0.3) is 5.91 Å². The molecule has 0 fully saturated rings. The summed E-state index contributed by atoms with van der Waals surface area (Å²) in [4.78, 5) is 22.9. The van der Waals surface area contributed by atoms with Gasteiger partial charge in [0, 0.05) is 13.2 Å². The van der Waals surface area contributed by atoms with Crippen LogP contribution in [0.15, 0.2) is 12.4 Å². The highest BCUT2D eigenvalue weighted by Crippen LogP contribution is 2.20. The normalized spacial score (nSPS) is 11.3. The number of hydrogen-bond donors (Lipinski definition) is 2. The minimum Gasteiger partial charge on any atom is -0.481 e. The molecular formula is C12H19N3O3. The van der Waals surface area contributed by atoms with E-state index in [-0.39, 0.29) is 12.3 Å². The van der Waals surface area contributed by atoms with E-state index in [1.165, 1.54) is 10.9 Å². The second kappa shape index (κ2) is 5.66. The van der Waals surface area contributed by atoms with Crippen LogP contribution < -0.4 is 5.32 Å². The van der Waals surface area contributed by atoms with E-state index < -0.39 is 11.5 Å². The van der Waals surface area contributed by atoms with Crippen LogP contribution in [-0.2, 0) is 11.8 Å². The summed E-state index contributed by atoms with van der Waals surface area (Å²) < 4.78 is 1.53. The number of nitrogens with zero attached hydrogens (tertiary/aromatic N) is 2. The molecule has 0 aliphatic heterocycles. The molecule has 100 valence electrons. The Labute approximate surface area is 106 Å². The zero-order valence-corrected chi connectivity index (χ0v) is 10.9. The van der Waals surface area contributed by atoms with Gasteiger partial charge in [-0.1, -0.05) is 13.8 Å². The van der Waals surface area contributed by atoms with E-state index >= 15 is 0 Å². The number of carbonyl (C=O) groups is 2. The molecule has 6 heteroatoms. The number of aromatic nitrogens is 2. The summed E-state index contributed by atoms with van der Waals surface area (Å²) in [6.45, 7) is 3.74. The average molecular weight is 253 g/mol. The SMILES string of the molecule is CCC(CC)(CC(=O)O)NC(=O)c1cnn(C)c1. The molecule has 0 aliphatic rings. The van der Waals surface area contributed by atoms with Crippen molar-refractivity contribution >= 4 is 11.9 Å². The third-order valence-electron chi connectivity index (χ3n) is 3.19. The maximum absolute atomic E-state index is 12.0. The molecule has 0 aliphatic carbocycles. The first-order valence-electron chi connectivity index (χ1n) is 5.95. The lowest BCUT2D eigenvalue weighted by Gasteiger charge is -2.31. The van der Waals surface area contributed by atoms with Gasteiger partial charge in [0.05, 0.1) is 23.7 Å². The Morgan fingerprint density at radius 2 is 2.06 bits per heavy atom. The van der Waals surface area contributed by atoms with Crippen molar-refractivity contribution in [2.24, 2.45) is 7.05 Å². The highest BCUT2D eigenvalue weighted by atomic mass is 16.4. The van der Waals surface area contributed by atoms with E-state index in [0.717, 1.165) is 0 Å². The molecule has 0 atom stereocenters. The number of rotatable bonds is 6. The summed E-state index contributed by atoms with van der Waals surface area (Å²) in [6, 6.07) is 0. The summed E-state index contributed by atoms with van der Waals surface area (Å²) in [7, 11) is 1.72. The molecule has 2 N–H and O–H groups in total. The molecule has 0 unspecified atom stereocenters. The lowest BCUT2D eigenvalue weighted by atomic mass is 9.88. The molecular weight excluding hydrogens is 234 g/mol. The Morgan fingerprint density at radius 1 is 1.44 bits per heavy atom. The summed E-state index contributed by atoms with van der Waals surface area (Å²) in [5.74, 6) is -1.20. The Kier molecular flexibility index (Phi) is 4.47. The van der Waals surface area contributed by atoms with Crippen molar-refractivity contribution in [1.82, 2.24) is 15.1 Å². The number of carbonyl (C=O) groups excluding carboxylic acids is 1. The van der Waals surface area contributed by atoms with E-state index in [4.69, 9.17) is 5.11 Å². The molecule has 18 heavy (non-hydrogen) atoms. The van der Waals surface area contributed by atoms with Gasteiger partial charge in [-0.15, -0.1) is 0 Å². The van der Waals surface area contributed by atoms with E-state index in [9.17, 15) is 9.59 Å². The van der Waals surface area contributed by atoms with Crippen molar-refractivity contribution in [3.63, 3.8) is 0 Å². The summed E-state index contributed by atoms with van der Waals surface area (Å²) >= 11 is 0. The number of amides is 1. The minimum atomic E-state index is -0.912. The summed E-state index contributed by atoms with van der Waals surface area (Å²) in [6.07, 6.45) is 4.13. The number of aryl methyl sites for hydroxylation is 1. The fourth-order valence-electron chi connectivity index (χ4n) is 1.86. The Morgan fingerprint density at radius 3 is 2.44 bits per heavy atom. The fourth-order valence-corrected chi connectivity index (χ4v) is 1.86. The van der Waals surface area contributed by atoms with Gasteiger partial charge in [-0.25, -0.2) is 0 Å². The second-order valence-electron chi connectivity index (χ2n) is 4.41. The molecule has 1 heterocycles. The first-order valence-corrected chi connectivity index (χ1v) is 5.95. The van der Waals surface area contributed by atoms with Gasteiger partial charge in [-0.2, -0.15) is 5.10 Å². The molecule has 0 bridgehead atoms. The van der Waals surface area contributed by atoms with Crippen LogP contribution in [0.25, 0.3) is 0 Å². The van der Waals surface area contributed by atoms with Crippen LogP contribution in [0.3, 0.4) is 0 Å². The highest BCUT2D eigenvalue weighted by molar-refractivity contribution is 5.94. The lowest BCUT2D eigenvalue weighted by Crippen LogP contribution is -2.49. The van der Waals surface area contributed by atoms with Crippen LogP contribution in [0.2, 0.25) is 0 Å². The maximum atomic E-state index is 12.0. The second-order valence-corrected chi connectivity index (χ2v) is 4.41. The molecule has 6 nitrogen and oxygen atoms in total. The van der Waals surface area contributed by atoms with Crippen LogP contribution in [0, 0.1) is 0 Å². The van der Waals surface area contributed by atoms with Gasteiger partial charge >= 0.3 is 5.97 Å². The van der Waals surface area contributed by atoms with Gasteiger partial charge in [0.15, 0.2) is 0 Å². The predicted octanol–water partition coefficient (Wildman–Crippen LogP) is 1.18. The largest absolute Gasteiger partial charge is 0.481 e.